The third kappa shape index (κ3) is 10.6. The predicted molar refractivity (Wildman–Crippen MR) is 196 cm³/mol. The molecule has 0 aliphatic rings. The molecule has 0 saturated carbocycles. The Hall–Kier alpha value is -4.50. The fourth-order valence-corrected chi connectivity index (χ4v) is 8.31. The van der Waals surface area contributed by atoms with Gasteiger partial charge >= 0.3 is 12.2 Å². The highest BCUT2D eigenvalue weighted by molar-refractivity contribution is 6.73. The SMILES string of the molecule is CC[Si](CC)(CC)OC(c1ccc(F)cc1)C(F)(F)CCOc1cc(-c2ccn3nc(N(C(=O)OC(C)(C)C)C(=O)OC(C)(C)C)nc3c2)ccc1F. The number of hydrogen-bond acceptors (Lipinski definition) is 8. The van der Waals surface area contributed by atoms with Gasteiger partial charge in [-0.25, -0.2) is 31.7 Å². The number of alkyl halides is 2. The molecule has 2 heterocycles. The molecule has 0 aliphatic carbocycles. The standard InChI is InChI=1S/C38H48F4N4O6Si/c1-10-53(11-2,12-3)52-32(25-13-16-28(39)17-14-25)38(41,42)20-22-49-30-23-26(15-18-29(30)40)27-19-21-45-31(24-27)43-33(44-45)46(34(47)50-36(4,5)6)35(48)51-37(7,8)9/h13-19,21,23-24,32H,10-12,20,22H2,1-9H3. The van der Waals surface area contributed by atoms with Crippen LogP contribution in [0, 0.1) is 11.6 Å². The third-order valence-electron chi connectivity index (χ3n) is 8.49. The molecule has 0 saturated heterocycles. The molecule has 4 aromatic rings. The zero-order valence-electron chi connectivity index (χ0n) is 31.6. The number of imide groups is 1. The van der Waals surface area contributed by atoms with Gasteiger partial charge in [0, 0.05) is 12.6 Å². The van der Waals surface area contributed by atoms with Crippen LogP contribution in [0.25, 0.3) is 16.8 Å². The minimum atomic E-state index is -3.42. The summed E-state index contributed by atoms with van der Waals surface area (Å²) in [4.78, 5) is 31.2. The zero-order valence-corrected chi connectivity index (χ0v) is 32.6. The molecule has 0 fully saturated rings. The van der Waals surface area contributed by atoms with Crippen LogP contribution in [0.15, 0.2) is 60.8 Å². The Bertz CT molecular complexity index is 1850. The first-order valence-corrected chi connectivity index (χ1v) is 20.1. The van der Waals surface area contributed by atoms with E-state index in [4.69, 9.17) is 18.6 Å². The van der Waals surface area contributed by atoms with Crippen LogP contribution >= 0.6 is 0 Å². The van der Waals surface area contributed by atoms with Crippen LogP contribution < -0.4 is 9.64 Å². The van der Waals surface area contributed by atoms with Crippen molar-refractivity contribution < 1.29 is 45.8 Å². The van der Waals surface area contributed by atoms with Crippen molar-refractivity contribution in [2.75, 3.05) is 11.5 Å². The Labute approximate surface area is 308 Å². The third-order valence-corrected chi connectivity index (χ3v) is 13.1. The number of aromatic nitrogens is 3. The first-order valence-electron chi connectivity index (χ1n) is 17.6. The van der Waals surface area contributed by atoms with Crippen LogP contribution in [0.1, 0.15) is 80.4 Å². The van der Waals surface area contributed by atoms with E-state index in [2.05, 4.69) is 10.1 Å². The number of ether oxygens (including phenoxy) is 3. The maximum absolute atomic E-state index is 16.0. The number of nitrogens with zero attached hydrogens (tertiary/aromatic N) is 4. The van der Waals surface area contributed by atoms with Gasteiger partial charge in [0.05, 0.1) is 6.61 Å². The van der Waals surface area contributed by atoms with Crippen LogP contribution in [0.5, 0.6) is 5.75 Å². The maximum atomic E-state index is 16.0. The van der Waals surface area contributed by atoms with Crippen molar-refractivity contribution in [3.63, 3.8) is 0 Å². The van der Waals surface area contributed by atoms with E-state index in [-0.39, 0.29) is 22.9 Å². The second-order valence-electron chi connectivity index (χ2n) is 14.7. The van der Waals surface area contributed by atoms with Crippen LogP contribution in [-0.4, -0.2) is 58.8 Å². The van der Waals surface area contributed by atoms with E-state index in [1.807, 2.05) is 20.8 Å². The molecule has 0 radical (unpaired) electrons. The lowest BCUT2D eigenvalue weighted by Gasteiger charge is -2.37. The number of benzene rings is 2. The van der Waals surface area contributed by atoms with Crippen molar-refractivity contribution >= 4 is 32.1 Å². The lowest BCUT2D eigenvalue weighted by molar-refractivity contribution is -0.113. The van der Waals surface area contributed by atoms with Crippen molar-refractivity contribution in [3.8, 4) is 16.9 Å². The van der Waals surface area contributed by atoms with E-state index < -0.39 is 68.4 Å². The summed E-state index contributed by atoms with van der Waals surface area (Å²) < 4.78 is 84.7. The molecule has 0 bridgehead atoms. The highest BCUT2D eigenvalue weighted by Crippen LogP contribution is 2.42. The highest BCUT2D eigenvalue weighted by Gasteiger charge is 2.46. The smallest absolute Gasteiger partial charge is 0.427 e. The van der Waals surface area contributed by atoms with Crippen LogP contribution in [-0.2, 0) is 13.9 Å². The number of hydrogen-bond donors (Lipinski definition) is 0. The molecule has 0 N–H and O–H groups in total. The number of carbonyl (C=O) groups is 2. The minimum absolute atomic E-state index is 0.157. The molecule has 1 atom stereocenters. The molecule has 2 aromatic carbocycles. The average molecular weight is 761 g/mol. The largest absolute Gasteiger partial charge is 0.490 e. The molecule has 4 rings (SSSR count). The first kappa shape index (κ1) is 41.3. The number of fused-ring (bicyclic) bond motifs is 1. The van der Waals surface area contributed by atoms with Crippen molar-refractivity contribution in [1.29, 1.82) is 0 Å². The maximum Gasteiger partial charge on any atom is 0.427 e. The highest BCUT2D eigenvalue weighted by atomic mass is 28.4. The second-order valence-corrected chi connectivity index (χ2v) is 19.4. The summed E-state index contributed by atoms with van der Waals surface area (Å²) >= 11 is 0. The van der Waals surface area contributed by atoms with E-state index in [1.165, 1.54) is 35.0 Å². The van der Waals surface area contributed by atoms with Gasteiger partial charge in [0.25, 0.3) is 11.9 Å². The number of rotatable bonds is 13. The number of halogens is 4. The van der Waals surface area contributed by atoms with Gasteiger partial charge in [-0.2, -0.15) is 4.98 Å². The van der Waals surface area contributed by atoms with Crippen molar-refractivity contribution in [2.24, 2.45) is 0 Å². The second kappa shape index (κ2) is 16.2. The Morgan fingerprint density at radius 1 is 0.830 bits per heavy atom. The number of anilines is 1. The molecular formula is C38H48F4N4O6Si. The zero-order chi connectivity index (χ0) is 39.4. The lowest BCUT2D eigenvalue weighted by Crippen LogP contribution is -2.44. The summed E-state index contributed by atoms with van der Waals surface area (Å²) in [5, 5.41) is 4.27. The van der Waals surface area contributed by atoms with E-state index in [9.17, 15) is 18.4 Å². The Kier molecular flexibility index (Phi) is 12.6. The van der Waals surface area contributed by atoms with Crippen LogP contribution in [0.2, 0.25) is 18.1 Å². The molecule has 0 aliphatic heterocycles. The lowest BCUT2D eigenvalue weighted by atomic mass is 10.0. The van der Waals surface area contributed by atoms with Crippen molar-refractivity contribution in [3.05, 3.63) is 78.0 Å². The van der Waals surface area contributed by atoms with Gasteiger partial charge in [0.2, 0.25) is 0 Å². The molecule has 10 nitrogen and oxygen atoms in total. The normalized spacial score (nSPS) is 13.2. The first-order chi connectivity index (χ1) is 24.7. The van der Waals surface area contributed by atoms with Crippen LogP contribution in [0.4, 0.5) is 33.1 Å². The van der Waals surface area contributed by atoms with E-state index in [0.717, 1.165) is 18.2 Å². The Balaban J connectivity index is 1.58. The molecule has 0 spiro atoms. The van der Waals surface area contributed by atoms with Gasteiger partial charge in [-0.1, -0.05) is 39.0 Å². The predicted octanol–water partition coefficient (Wildman–Crippen LogP) is 10.5. The van der Waals surface area contributed by atoms with Gasteiger partial charge in [-0.05, 0) is 113 Å². The molecule has 2 aromatic heterocycles. The molecule has 2 amide bonds. The van der Waals surface area contributed by atoms with Gasteiger partial charge in [-0.3, -0.25) is 0 Å². The molecule has 288 valence electrons. The van der Waals surface area contributed by atoms with Crippen molar-refractivity contribution in [1.82, 2.24) is 14.6 Å². The summed E-state index contributed by atoms with van der Waals surface area (Å²) in [6.07, 6.45) is -2.97. The topological polar surface area (TPSA) is 104 Å². The summed E-state index contributed by atoms with van der Waals surface area (Å²) in [7, 11) is -2.53. The number of pyridine rings is 1. The van der Waals surface area contributed by atoms with Crippen molar-refractivity contribution in [2.45, 2.75) is 110 Å². The fourth-order valence-electron chi connectivity index (χ4n) is 5.50. The van der Waals surface area contributed by atoms with E-state index >= 15 is 8.78 Å². The summed E-state index contributed by atoms with van der Waals surface area (Å²) in [6.45, 7) is 15.1. The molecule has 1 unspecified atom stereocenters. The number of amides is 2. The quantitative estimate of drug-likeness (QED) is 0.0980. The van der Waals surface area contributed by atoms with Crippen LogP contribution in [0.3, 0.4) is 0 Å². The van der Waals surface area contributed by atoms with E-state index in [0.29, 0.717) is 34.2 Å². The van der Waals surface area contributed by atoms with E-state index in [1.54, 1.807) is 53.7 Å². The van der Waals surface area contributed by atoms with Gasteiger partial charge in [0.15, 0.2) is 25.5 Å². The fraction of sp³-hybridized carbons (Fsp3) is 0.474. The summed E-state index contributed by atoms with van der Waals surface area (Å²) in [5.74, 6) is -5.28. The Morgan fingerprint density at radius 3 is 1.94 bits per heavy atom. The molecular weight excluding hydrogens is 713 g/mol. The number of carbonyl (C=O) groups excluding carboxylic acids is 2. The van der Waals surface area contributed by atoms with Gasteiger partial charge in [-0.15, -0.1) is 10.00 Å². The molecule has 53 heavy (non-hydrogen) atoms. The monoisotopic (exact) mass is 760 g/mol. The summed E-state index contributed by atoms with van der Waals surface area (Å²) in [5.41, 5.74) is -0.506. The van der Waals surface area contributed by atoms with Gasteiger partial charge in [0.1, 0.15) is 23.1 Å². The molecule has 15 heteroatoms. The summed E-state index contributed by atoms with van der Waals surface area (Å²) in [6, 6.07) is 14.0. The average Bonchev–Trinajstić information content (AvgIpc) is 3.48. The Morgan fingerprint density at radius 2 is 1.40 bits per heavy atom. The minimum Gasteiger partial charge on any atom is -0.490 e. The van der Waals surface area contributed by atoms with Gasteiger partial charge < -0.3 is 18.6 Å².